The van der Waals surface area contributed by atoms with E-state index in [2.05, 4.69) is 181 Å². The minimum atomic E-state index is -0.657. The number of aromatic nitrogens is 3. The summed E-state index contributed by atoms with van der Waals surface area (Å²) in [4.78, 5) is 15.0. The van der Waals surface area contributed by atoms with Gasteiger partial charge in [0.1, 0.15) is 11.5 Å². The fraction of sp³-hybridized carbons (Fsp3) is 0.0179. The molecule has 0 atom stereocenters. The molecule has 0 N–H and O–H groups in total. The molecule has 0 bridgehead atoms. The van der Waals surface area contributed by atoms with Crippen LogP contribution in [0.25, 0.3) is 78.2 Å². The van der Waals surface area contributed by atoms with E-state index in [1.54, 1.807) is 0 Å². The van der Waals surface area contributed by atoms with Gasteiger partial charge < -0.3 is 4.74 Å². The number of nitrogens with zero attached hydrogens (tertiary/aromatic N) is 3. The minimum Gasteiger partial charge on any atom is -0.455 e. The number of hydrogen-bond donors (Lipinski definition) is 0. The molecule has 2 aliphatic rings. The van der Waals surface area contributed by atoms with E-state index >= 15 is 0 Å². The summed E-state index contributed by atoms with van der Waals surface area (Å²) >= 11 is 0. The van der Waals surface area contributed by atoms with Crippen molar-refractivity contribution in [2.45, 2.75) is 5.41 Å². The van der Waals surface area contributed by atoms with Gasteiger partial charge in [-0.15, -0.1) is 0 Å². The lowest BCUT2D eigenvalue weighted by Crippen LogP contribution is -2.32. The Morgan fingerprint density at radius 2 is 0.867 bits per heavy atom. The molecule has 60 heavy (non-hydrogen) atoms. The van der Waals surface area contributed by atoms with Crippen molar-refractivity contribution in [3.8, 4) is 78.8 Å². The highest BCUT2D eigenvalue weighted by atomic mass is 16.5. The van der Waals surface area contributed by atoms with Crippen LogP contribution in [0.5, 0.6) is 11.5 Å². The van der Waals surface area contributed by atoms with Gasteiger partial charge in [0.25, 0.3) is 0 Å². The van der Waals surface area contributed by atoms with Crippen LogP contribution in [0.15, 0.2) is 212 Å². The van der Waals surface area contributed by atoms with Crippen LogP contribution in [-0.4, -0.2) is 15.0 Å². The molecule has 3 heterocycles. The molecule has 10 aromatic rings. The zero-order valence-electron chi connectivity index (χ0n) is 32.5. The Bertz CT molecular complexity index is 3180. The first kappa shape index (κ1) is 34.1. The third-order valence-corrected chi connectivity index (χ3v) is 12.3. The van der Waals surface area contributed by atoms with Gasteiger partial charge >= 0.3 is 0 Å². The van der Waals surface area contributed by atoms with E-state index in [0.29, 0.717) is 5.82 Å². The lowest BCUT2D eigenvalue weighted by molar-refractivity contribution is 0.439. The van der Waals surface area contributed by atoms with Crippen LogP contribution >= 0.6 is 0 Å². The Kier molecular flexibility index (Phi) is 7.72. The van der Waals surface area contributed by atoms with Gasteiger partial charge in [0.15, 0.2) is 5.82 Å². The minimum absolute atomic E-state index is 0.657. The van der Waals surface area contributed by atoms with E-state index in [0.717, 1.165) is 83.9 Å². The number of benzene rings is 8. The molecule has 4 nitrogen and oxygen atoms in total. The molecule has 0 unspecified atom stereocenters. The van der Waals surface area contributed by atoms with E-state index in [4.69, 9.17) is 14.7 Å². The summed E-state index contributed by atoms with van der Waals surface area (Å²) in [5, 5.41) is 1.13. The van der Waals surface area contributed by atoms with Crippen molar-refractivity contribution in [2.24, 2.45) is 0 Å². The van der Waals surface area contributed by atoms with E-state index in [-0.39, 0.29) is 0 Å². The van der Waals surface area contributed by atoms with Crippen LogP contribution in [0.3, 0.4) is 0 Å². The maximum Gasteiger partial charge on any atom is 0.160 e. The summed E-state index contributed by atoms with van der Waals surface area (Å²) in [5.41, 5.74) is 16.4. The normalized spacial score (nSPS) is 12.9. The van der Waals surface area contributed by atoms with Crippen LogP contribution in [0.1, 0.15) is 22.3 Å². The van der Waals surface area contributed by atoms with Gasteiger partial charge in [-0.25, -0.2) is 9.97 Å². The van der Waals surface area contributed by atoms with Crippen molar-refractivity contribution in [3.63, 3.8) is 0 Å². The highest BCUT2D eigenvalue weighted by Crippen LogP contribution is 2.64. The van der Waals surface area contributed by atoms with Crippen LogP contribution in [-0.2, 0) is 5.41 Å². The lowest BCUT2D eigenvalue weighted by atomic mass is 9.65. The first-order valence-corrected chi connectivity index (χ1v) is 20.3. The quantitative estimate of drug-likeness (QED) is 0.175. The van der Waals surface area contributed by atoms with Gasteiger partial charge in [0.05, 0.1) is 22.3 Å². The molecule has 0 fully saturated rings. The highest BCUT2D eigenvalue weighted by Gasteiger charge is 2.52. The molecule has 0 saturated carbocycles. The molecule has 1 aliphatic heterocycles. The Balaban J connectivity index is 1.11. The lowest BCUT2D eigenvalue weighted by Gasteiger charge is -2.40. The summed E-state index contributed by atoms with van der Waals surface area (Å²) in [6.07, 6.45) is 1.85. The van der Waals surface area contributed by atoms with Gasteiger partial charge in [-0.05, 0) is 63.2 Å². The average molecular weight is 766 g/mol. The maximum atomic E-state index is 7.46. The second kappa shape index (κ2) is 13.6. The molecule has 1 aliphatic carbocycles. The first-order valence-electron chi connectivity index (χ1n) is 20.3. The van der Waals surface area contributed by atoms with Crippen LogP contribution < -0.4 is 4.74 Å². The van der Waals surface area contributed by atoms with E-state index in [1.165, 1.54) is 22.3 Å². The SMILES string of the molecule is c1ccc(-c2cc(-c3cccc4c3Oc3c(-c5ccc(-c6cccc7ncccc67)cc5)cccc3C43c4ccccc4-c4ccccc43)nc(-c3ccccc3)n2)cc1. The Morgan fingerprint density at radius 1 is 0.350 bits per heavy atom. The zero-order chi connectivity index (χ0) is 39.6. The molecular weight excluding hydrogens is 731 g/mol. The third-order valence-electron chi connectivity index (χ3n) is 12.3. The summed E-state index contributed by atoms with van der Waals surface area (Å²) < 4.78 is 7.46. The number of ether oxygens (including phenoxy) is 1. The van der Waals surface area contributed by atoms with Crippen molar-refractivity contribution in [3.05, 3.63) is 235 Å². The molecule has 8 aromatic carbocycles. The van der Waals surface area contributed by atoms with Crippen molar-refractivity contribution in [1.82, 2.24) is 15.0 Å². The van der Waals surface area contributed by atoms with Gasteiger partial charge in [0, 0.05) is 45.0 Å². The van der Waals surface area contributed by atoms with Crippen LogP contribution in [0.2, 0.25) is 0 Å². The molecule has 2 aromatic heterocycles. The smallest absolute Gasteiger partial charge is 0.160 e. The van der Waals surface area contributed by atoms with Gasteiger partial charge in [-0.2, -0.15) is 0 Å². The molecule has 1 spiro atoms. The van der Waals surface area contributed by atoms with Crippen LogP contribution in [0, 0.1) is 0 Å². The van der Waals surface area contributed by atoms with Crippen molar-refractivity contribution in [2.75, 3.05) is 0 Å². The average Bonchev–Trinajstić information content (AvgIpc) is 3.62. The topological polar surface area (TPSA) is 47.9 Å². The van der Waals surface area contributed by atoms with Gasteiger partial charge in [0.2, 0.25) is 0 Å². The largest absolute Gasteiger partial charge is 0.455 e. The predicted molar refractivity (Wildman–Crippen MR) is 242 cm³/mol. The van der Waals surface area contributed by atoms with Crippen molar-refractivity contribution >= 4 is 10.9 Å². The molecule has 280 valence electrons. The summed E-state index contributed by atoms with van der Waals surface area (Å²) in [6.45, 7) is 0. The first-order chi connectivity index (χ1) is 29.8. The standard InChI is InChI=1S/C56H35N3O/c1-3-15-38(16-4-1)51-35-52(59-55(58-51)39-17-5-2-6-18-39)45-23-12-28-49-54(45)60-53-41(37-32-30-36(31-33-37)40-21-13-29-50-44(40)24-14-34-57-50)22-11-27-48(53)56(49)46-25-9-7-19-42(46)43-20-8-10-26-47(43)56/h1-35H. The number of rotatable bonds is 5. The second-order valence-electron chi connectivity index (χ2n) is 15.5. The van der Waals surface area contributed by atoms with Gasteiger partial charge in [-0.1, -0.05) is 182 Å². The summed E-state index contributed by atoms with van der Waals surface area (Å²) in [7, 11) is 0. The number of fused-ring (bicyclic) bond motifs is 10. The third kappa shape index (κ3) is 5.14. The maximum absolute atomic E-state index is 7.46. The monoisotopic (exact) mass is 765 g/mol. The molecule has 0 radical (unpaired) electrons. The summed E-state index contributed by atoms with van der Waals surface area (Å²) in [6, 6.07) is 72.9. The van der Waals surface area contributed by atoms with E-state index in [1.807, 2.05) is 36.5 Å². The summed E-state index contributed by atoms with van der Waals surface area (Å²) in [5.74, 6) is 2.29. The Hall–Kier alpha value is -7.95. The number of para-hydroxylation sites is 2. The van der Waals surface area contributed by atoms with E-state index < -0.39 is 5.41 Å². The zero-order valence-corrected chi connectivity index (χ0v) is 32.5. The Morgan fingerprint density at radius 3 is 1.57 bits per heavy atom. The molecule has 12 rings (SSSR count). The van der Waals surface area contributed by atoms with Crippen molar-refractivity contribution < 1.29 is 4.74 Å². The number of pyridine rings is 1. The number of hydrogen-bond acceptors (Lipinski definition) is 4. The predicted octanol–water partition coefficient (Wildman–Crippen LogP) is 13.8. The highest BCUT2D eigenvalue weighted by molar-refractivity contribution is 5.96. The molecule has 0 amide bonds. The van der Waals surface area contributed by atoms with Gasteiger partial charge in [-0.3, -0.25) is 4.98 Å². The second-order valence-corrected chi connectivity index (χ2v) is 15.5. The molecule has 0 saturated heterocycles. The molecular formula is C56H35N3O. The van der Waals surface area contributed by atoms with E-state index in [9.17, 15) is 0 Å². The fourth-order valence-corrected chi connectivity index (χ4v) is 9.62. The Labute approximate surface area is 348 Å². The fourth-order valence-electron chi connectivity index (χ4n) is 9.62. The molecule has 4 heteroatoms. The van der Waals surface area contributed by atoms with Crippen molar-refractivity contribution in [1.29, 1.82) is 0 Å². The van der Waals surface area contributed by atoms with Crippen LogP contribution in [0.4, 0.5) is 0 Å².